The molecule has 8 nitrogen and oxygen atoms in total. The zero-order chi connectivity index (χ0) is 18.6. The van der Waals surface area contributed by atoms with Gasteiger partial charge in [0.1, 0.15) is 16.5 Å². The summed E-state index contributed by atoms with van der Waals surface area (Å²) < 4.78 is 5.42. The number of nitrogens with zero attached hydrogens (tertiary/aromatic N) is 5. The van der Waals surface area contributed by atoms with Crippen LogP contribution in [-0.2, 0) is 9.53 Å². The SMILES string of the molecule is Cc1nnc(-c2ccc3cnc(NC(=O)CN4CCCOCC4)cc3n2)s1. The van der Waals surface area contributed by atoms with Gasteiger partial charge in [-0.15, -0.1) is 10.2 Å². The van der Waals surface area contributed by atoms with E-state index >= 15 is 0 Å². The molecule has 3 aromatic rings. The predicted octanol–water partition coefficient (Wildman–Crippen LogP) is 2.12. The van der Waals surface area contributed by atoms with Gasteiger partial charge in [0.25, 0.3) is 0 Å². The van der Waals surface area contributed by atoms with Crippen molar-refractivity contribution < 1.29 is 9.53 Å². The fraction of sp³-hybridized carbons (Fsp3) is 0.389. The van der Waals surface area contributed by atoms with Crippen molar-refractivity contribution in [3.05, 3.63) is 29.4 Å². The summed E-state index contributed by atoms with van der Waals surface area (Å²) in [4.78, 5) is 23.4. The molecule has 1 amide bonds. The van der Waals surface area contributed by atoms with Gasteiger partial charge in [0.05, 0.1) is 18.7 Å². The second-order valence-corrected chi connectivity index (χ2v) is 7.56. The van der Waals surface area contributed by atoms with E-state index in [0.29, 0.717) is 19.0 Å². The second kappa shape index (κ2) is 8.03. The summed E-state index contributed by atoms with van der Waals surface area (Å²) in [5.41, 5.74) is 1.52. The molecule has 1 aliphatic heterocycles. The summed E-state index contributed by atoms with van der Waals surface area (Å²) in [6, 6.07) is 5.64. The molecular weight excluding hydrogens is 364 g/mol. The lowest BCUT2D eigenvalue weighted by atomic mass is 10.2. The van der Waals surface area contributed by atoms with Crippen LogP contribution in [0.2, 0.25) is 0 Å². The molecule has 1 saturated heterocycles. The number of aromatic nitrogens is 4. The van der Waals surface area contributed by atoms with Crippen LogP contribution in [0.15, 0.2) is 24.4 Å². The number of carbonyl (C=O) groups is 1. The first-order valence-corrected chi connectivity index (χ1v) is 9.66. The highest BCUT2D eigenvalue weighted by molar-refractivity contribution is 7.14. The van der Waals surface area contributed by atoms with Crippen LogP contribution in [0.5, 0.6) is 0 Å². The minimum atomic E-state index is -0.0837. The molecule has 0 spiro atoms. The van der Waals surface area contributed by atoms with Crippen LogP contribution < -0.4 is 5.32 Å². The number of nitrogens with one attached hydrogen (secondary N) is 1. The molecule has 0 atom stereocenters. The van der Waals surface area contributed by atoms with E-state index in [9.17, 15) is 4.79 Å². The first-order chi connectivity index (χ1) is 13.2. The van der Waals surface area contributed by atoms with E-state index in [2.05, 4.69) is 30.4 Å². The molecule has 0 saturated carbocycles. The summed E-state index contributed by atoms with van der Waals surface area (Å²) in [6.07, 6.45) is 2.66. The fourth-order valence-electron chi connectivity index (χ4n) is 2.95. The Morgan fingerprint density at radius 1 is 1.30 bits per heavy atom. The van der Waals surface area contributed by atoms with Crippen molar-refractivity contribution in [1.82, 2.24) is 25.1 Å². The van der Waals surface area contributed by atoms with Gasteiger partial charge >= 0.3 is 0 Å². The Morgan fingerprint density at radius 3 is 3.07 bits per heavy atom. The number of hydrogen-bond acceptors (Lipinski definition) is 8. The number of aryl methyl sites for hydroxylation is 1. The van der Waals surface area contributed by atoms with Gasteiger partial charge in [-0.3, -0.25) is 9.69 Å². The molecule has 27 heavy (non-hydrogen) atoms. The smallest absolute Gasteiger partial charge is 0.239 e. The van der Waals surface area contributed by atoms with E-state index < -0.39 is 0 Å². The van der Waals surface area contributed by atoms with Crippen LogP contribution >= 0.6 is 11.3 Å². The van der Waals surface area contributed by atoms with Crippen molar-refractivity contribution in [2.24, 2.45) is 0 Å². The Hall–Kier alpha value is -2.49. The maximum atomic E-state index is 12.3. The van der Waals surface area contributed by atoms with E-state index in [0.717, 1.165) is 52.7 Å². The maximum Gasteiger partial charge on any atom is 0.239 e. The number of pyridine rings is 2. The maximum absolute atomic E-state index is 12.3. The van der Waals surface area contributed by atoms with Crippen molar-refractivity contribution in [3.63, 3.8) is 0 Å². The summed E-state index contributed by atoms with van der Waals surface area (Å²) in [6.45, 7) is 5.30. The topological polar surface area (TPSA) is 93.1 Å². The van der Waals surface area contributed by atoms with E-state index in [1.807, 2.05) is 19.1 Å². The summed E-state index contributed by atoms with van der Waals surface area (Å²) >= 11 is 1.50. The van der Waals surface area contributed by atoms with Gasteiger partial charge in [-0.25, -0.2) is 9.97 Å². The average Bonchev–Trinajstić information content (AvgIpc) is 2.93. The van der Waals surface area contributed by atoms with Gasteiger partial charge in [0, 0.05) is 37.3 Å². The number of ether oxygens (including phenoxy) is 1. The molecule has 4 heterocycles. The Balaban J connectivity index is 1.49. The lowest BCUT2D eigenvalue weighted by Crippen LogP contribution is -2.35. The molecule has 4 rings (SSSR count). The quantitative estimate of drug-likeness (QED) is 0.736. The highest BCUT2D eigenvalue weighted by Crippen LogP contribution is 2.24. The molecule has 0 aliphatic carbocycles. The molecule has 9 heteroatoms. The van der Waals surface area contributed by atoms with Crippen LogP contribution in [-0.4, -0.2) is 63.8 Å². The monoisotopic (exact) mass is 384 g/mol. The average molecular weight is 384 g/mol. The van der Waals surface area contributed by atoms with E-state index in [4.69, 9.17) is 4.74 Å². The van der Waals surface area contributed by atoms with Crippen LogP contribution in [0.1, 0.15) is 11.4 Å². The molecule has 0 aromatic carbocycles. The number of fused-ring (bicyclic) bond motifs is 1. The van der Waals surface area contributed by atoms with Gasteiger partial charge in [-0.2, -0.15) is 0 Å². The minimum Gasteiger partial charge on any atom is -0.380 e. The summed E-state index contributed by atoms with van der Waals surface area (Å²) in [7, 11) is 0. The molecular formula is C18H20N6O2S. The molecule has 0 unspecified atom stereocenters. The highest BCUT2D eigenvalue weighted by Gasteiger charge is 2.14. The number of hydrogen-bond donors (Lipinski definition) is 1. The second-order valence-electron chi connectivity index (χ2n) is 6.38. The van der Waals surface area contributed by atoms with E-state index in [-0.39, 0.29) is 5.91 Å². The molecule has 0 radical (unpaired) electrons. The standard InChI is InChI=1S/C18H20N6O2S/c1-12-22-23-18(27-12)14-4-3-13-10-19-16(9-15(13)20-14)21-17(25)11-24-5-2-7-26-8-6-24/h3-4,9-10H,2,5-8,11H2,1H3,(H,19,21,25). The third-order valence-corrected chi connectivity index (χ3v) is 5.13. The predicted molar refractivity (Wildman–Crippen MR) is 104 cm³/mol. The largest absolute Gasteiger partial charge is 0.380 e. The van der Waals surface area contributed by atoms with E-state index in [1.165, 1.54) is 11.3 Å². The molecule has 1 fully saturated rings. The third kappa shape index (κ3) is 4.44. The molecule has 140 valence electrons. The zero-order valence-corrected chi connectivity index (χ0v) is 15.8. The number of rotatable bonds is 4. The lowest BCUT2D eigenvalue weighted by molar-refractivity contribution is -0.117. The Bertz CT molecular complexity index is 952. The van der Waals surface area contributed by atoms with E-state index in [1.54, 1.807) is 12.3 Å². The van der Waals surface area contributed by atoms with Gasteiger partial charge in [0.2, 0.25) is 5.91 Å². The normalized spacial score (nSPS) is 15.6. The van der Waals surface area contributed by atoms with Crippen LogP contribution in [0, 0.1) is 6.92 Å². The van der Waals surface area contributed by atoms with Gasteiger partial charge in [-0.05, 0) is 25.5 Å². The van der Waals surface area contributed by atoms with Crippen molar-refractivity contribution in [2.45, 2.75) is 13.3 Å². The van der Waals surface area contributed by atoms with Gasteiger partial charge in [-0.1, -0.05) is 11.3 Å². The first kappa shape index (κ1) is 17.9. The molecule has 3 aromatic heterocycles. The van der Waals surface area contributed by atoms with Crippen molar-refractivity contribution in [2.75, 3.05) is 38.2 Å². The third-order valence-electron chi connectivity index (χ3n) is 4.27. The zero-order valence-electron chi connectivity index (χ0n) is 15.0. The van der Waals surface area contributed by atoms with Crippen LogP contribution in [0.3, 0.4) is 0 Å². The number of carbonyl (C=O) groups excluding carboxylic acids is 1. The Kier molecular flexibility index (Phi) is 5.33. The van der Waals surface area contributed by atoms with Gasteiger partial charge < -0.3 is 10.1 Å². The van der Waals surface area contributed by atoms with Crippen molar-refractivity contribution >= 4 is 34.0 Å². The number of amides is 1. The number of anilines is 1. The fourth-order valence-corrected chi connectivity index (χ4v) is 3.61. The lowest BCUT2D eigenvalue weighted by Gasteiger charge is -2.18. The van der Waals surface area contributed by atoms with Crippen molar-refractivity contribution in [3.8, 4) is 10.7 Å². The minimum absolute atomic E-state index is 0.0837. The van der Waals surface area contributed by atoms with Gasteiger partial charge in [0.15, 0.2) is 5.01 Å². The first-order valence-electron chi connectivity index (χ1n) is 8.84. The summed E-state index contributed by atoms with van der Waals surface area (Å²) in [5, 5.41) is 13.6. The highest BCUT2D eigenvalue weighted by atomic mass is 32.1. The van der Waals surface area contributed by atoms with Crippen LogP contribution in [0.4, 0.5) is 5.82 Å². The molecule has 1 N–H and O–H groups in total. The van der Waals surface area contributed by atoms with Crippen LogP contribution in [0.25, 0.3) is 21.6 Å². The molecule has 0 bridgehead atoms. The Morgan fingerprint density at radius 2 is 2.22 bits per heavy atom. The summed E-state index contributed by atoms with van der Waals surface area (Å²) in [5.74, 6) is 0.413. The van der Waals surface area contributed by atoms with Crippen molar-refractivity contribution in [1.29, 1.82) is 0 Å². The molecule has 1 aliphatic rings. The Labute approximate surface area is 160 Å².